The Morgan fingerprint density at radius 1 is 0.765 bits per heavy atom. The maximum absolute atomic E-state index is 3.60. The fourth-order valence-electron chi connectivity index (χ4n) is 2.43. The first-order valence-corrected chi connectivity index (χ1v) is 7.95. The molecule has 1 heteroatoms. The molecule has 0 aliphatic heterocycles. The van der Waals surface area contributed by atoms with E-state index in [2.05, 4.69) is 33.0 Å². The van der Waals surface area contributed by atoms with E-state index in [4.69, 9.17) is 0 Å². The van der Waals surface area contributed by atoms with Gasteiger partial charge in [-0.3, -0.25) is 0 Å². The average molecular weight is 241 g/mol. The molecule has 0 radical (unpaired) electrons. The van der Waals surface area contributed by atoms with Crippen LogP contribution >= 0.6 is 0 Å². The van der Waals surface area contributed by atoms with Gasteiger partial charge in [-0.25, -0.2) is 0 Å². The van der Waals surface area contributed by atoms with Crippen LogP contribution in [0.2, 0.25) is 0 Å². The molecule has 1 nitrogen and oxygen atoms in total. The predicted octanol–water partition coefficient (Wildman–Crippen LogP) is 5.15. The molecule has 17 heavy (non-hydrogen) atoms. The molecule has 1 N–H and O–H groups in total. The van der Waals surface area contributed by atoms with Crippen LogP contribution in [0, 0.1) is 5.92 Å². The summed E-state index contributed by atoms with van der Waals surface area (Å²) in [6, 6.07) is 0.736. The number of hydrogen-bond donors (Lipinski definition) is 1. The normalized spacial score (nSPS) is 13.2. The Hall–Kier alpha value is -0.0400. The van der Waals surface area contributed by atoms with Gasteiger partial charge in [-0.05, 0) is 18.9 Å². The van der Waals surface area contributed by atoms with E-state index in [1.807, 2.05) is 0 Å². The van der Waals surface area contributed by atoms with Crippen molar-refractivity contribution in [3.05, 3.63) is 0 Å². The second-order valence-electron chi connectivity index (χ2n) is 5.67. The second kappa shape index (κ2) is 12.4. The largest absolute Gasteiger partial charge is 0.314 e. The third kappa shape index (κ3) is 10.8. The van der Waals surface area contributed by atoms with Crippen LogP contribution in [0.3, 0.4) is 0 Å². The first-order chi connectivity index (χ1) is 8.22. The van der Waals surface area contributed by atoms with Crippen LogP contribution in [0.5, 0.6) is 0 Å². The first-order valence-electron chi connectivity index (χ1n) is 7.95. The number of rotatable bonds is 12. The fourth-order valence-corrected chi connectivity index (χ4v) is 2.43. The molecule has 1 atom stereocenters. The van der Waals surface area contributed by atoms with Crippen molar-refractivity contribution in [3.63, 3.8) is 0 Å². The zero-order valence-corrected chi connectivity index (χ0v) is 12.7. The zero-order chi connectivity index (χ0) is 12.9. The fraction of sp³-hybridized carbons (Fsp3) is 1.00. The zero-order valence-electron chi connectivity index (χ0n) is 12.7. The van der Waals surface area contributed by atoms with E-state index in [0.717, 1.165) is 18.5 Å². The maximum Gasteiger partial charge on any atom is 0.00899 e. The average Bonchev–Trinajstić information content (AvgIpc) is 2.31. The lowest BCUT2D eigenvalue weighted by Crippen LogP contribution is -2.33. The quantitative estimate of drug-likeness (QED) is 0.466. The topological polar surface area (TPSA) is 12.0 Å². The third-order valence-electron chi connectivity index (χ3n) is 3.64. The minimum Gasteiger partial charge on any atom is -0.314 e. The van der Waals surface area contributed by atoms with Crippen LogP contribution in [0.25, 0.3) is 0 Å². The van der Waals surface area contributed by atoms with E-state index >= 15 is 0 Å². The van der Waals surface area contributed by atoms with Crippen molar-refractivity contribution in [2.75, 3.05) is 6.54 Å². The van der Waals surface area contributed by atoms with E-state index in [0.29, 0.717) is 0 Å². The molecule has 1 unspecified atom stereocenters. The highest BCUT2D eigenvalue weighted by Crippen LogP contribution is 2.13. The summed E-state index contributed by atoms with van der Waals surface area (Å²) in [6.07, 6.45) is 12.8. The smallest absolute Gasteiger partial charge is 0.00899 e. The van der Waals surface area contributed by atoms with Crippen molar-refractivity contribution in [2.45, 2.75) is 91.5 Å². The van der Waals surface area contributed by atoms with Crippen LogP contribution in [0.15, 0.2) is 0 Å². The monoisotopic (exact) mass is 241 g/mol. The molecular formula is C16H35N. The van der Waals surface area contributed by atoms with E-state index < -0.39 is 0 Å². The highest BCUT2D eigenvalue weighted by molar-refractivity contribution is 4.69. The van der Waals surface area contributed by atoms with Gasteiger partial charge in [0.05, 0.1) is 0 Å². The van der Waals surface area contributed by atoms with Crippen molar-refractivity contribution < 1.29 is 0 Å². The SMILES string of the molecule is CCCCCCCCCCC(NCC)C(C)C. The van der Waals surface area contributed by atoms with Crippen molar-refractivity contribution in [1.29, 1.82) is 0 Å². The number of unbranched alkanes of at least 4 members (excludes halogenated alkanes) is 7. The van der Waals surface area contributed by atoms with Crippen LogP contribution in [0.4, 0.5) is 0 Å². The van der Waals surface area contributed by atoms with Crippen LogP contribution in [0.1, 0.15) is 85.5 Å². The lowest BCUT2D eigenvalue weighted by molar-refractivity contribution is 0.370. The Morgan fingerprint density at radius 3 is 1.76 bits per heavy atom. The Morgan fingerprint density at radius 2 is 1.29 bits per heavy atom. The van der Waals surface area contributed by atoms with Crippen molar-refractivity contribution >= 4 is 0 Å². The summed E-state index contributed by atoms with van der Waals surface area (Å²) < 4.78 is 0. The number of hydrogen-bond acceptors (Lipinski definition) is 1. The van der Waals surface area contributed by atoms with Crippen LogP contribution < -0.4 is 5.32 Å². The summed E-state index contributed by atoms with van der Waals surface area (Å²) in [4.78, 5) is 0. The molecule has 0 aromatic carbocycles. The highest BCUT2D eigenvalue weighted by atomic mass is 14.9. The van der Waals surface area contributed by atoms with Crippen LogP contribution in [-0.4, -0.2) is 12.6 Å². The van der Waals surface area contributed by atoms with Gasteiger partial charge in [0.15, 0.2) is 0 Å². The molecule has 0 heterocycles. The molecule has 0 saturated heterocycles. The first kappa shape index (κ1) is 17.0. The summed E-state index contributed by atoms with van der Waals surface area (Å²) in [7, 11) is 0. The summed E-state index contributed by atoms with van der Waals surface area (Å²) in [6.45, 7) is 10.3. The van der Waals surface area contributed by atoms with Crippen molar-refractivity contribution in [2.24, 2.45) is 5.92 Å². The van der Waals surface area contributed by atoms with E-state index in [1.165, 1.54) is 57.8 Å². The van der Waals surface area contributed by atoms with Crippen molar-refractivity contribution in [1.82, 2.24) is 5.32 Å². The molecule has 0 rings (SSSR count). The Kier molecular flexibility index (Phi) is 12.4. The van der Waals surface area contributed by atoms with E-state index in [1.54, 1.807) is 0 Å². The molecule has 0 amide bonds. The minimum atomic E-state index is 0.736. The van der Waals surface area contributed by atoms with Gasteiger partial charge in [0.1, 0.15) is 0 Å². The second-order valence-corrected chi connectivity index (χ2v) is 5.67. The summed E-state index contributed by atoms with van der Waals surface area (Å²) in [5.41, 5.74) is 0. The Bertz CT molecular complexity index is 142. The summed E-state index contributed by atoms with van der Waals surface area (Å²) in [5, 5.41) is 3.60. The molecule has 0 fully saturated rings. The molecule has 0 aromatic heterocycles. The molecule has 0 aromatic rings. The number of nitrogens with one attached hydrogen (secondary N) is 1. The lowest BCUT2D eigenvalue weighted by Gasteiger charge is -2.21. The van der Waals surface area contributed by atoms with Gasteiger partial charge in [0.25, 0.3) is 0 Å². The Balaban J connectivity index is 3.30. The maximum atomic E-state index is 3.60. The highest BCUT2D eigenvalue weighted by Gasteiger charge is 2.10. The minimum absolute atomic E-state index is 0.736. The van der Waals surface area contributed by atoms with Crippen molar-refractivity contribution in [3.8, 4) is 0 Å². The standard InChI is InChI=1S/C16H35N/c1-5-7-8-9-10-11-12-13-14-16(15(3)4)17-6-2/h15-17H,5-14H2,1-4H3. The van der Waals surface area contributed by atoms with E-state index in [-0.39, 0.29) is 0 Å². The van der Waals surface area contributed by atoms with Crippen LogP contribution in [-0.2, 0) is 0 Å². The van der Waals surface area contributed by atoms with Gasteiger partial charge >= 0.3 is 0 Å². The van der Waals surface area contributed by atoms with Gasteiger partial charge in [0, 0.05) is 6.04 Å². The lowest BCUT2D eigenvalue weighted by atomic mass is 9.97. The molecule has 0 saturated carbocycles. The molecule has 0 aliphatic rings. The van der Waals surface area contributed by atoms with E-state index in [9.17, 15) is 0 Å². The predicted molar refractivity (Wildman–Crippen MR) is 79.5 cm³/mol. The molecule has 0 spiro atoms. The molecule has 0 bridgehead atoms. The summed E-state index contributed by atoms with van der Waals surface area (Å²) in [5.74, 6) is 0.777. The molecule has 104 valence electrons. The summed E-state index contributed by atoms with van der Waals surface area (Å²) >= 11 is 0. The third-order valence-corrected chi connectivity index (χ3v) is 3.64. The van der Waals surface area contributed by atoms with Gasteiger partial charge in [-0.1, -0.05) is 79.1 Å². The van der Waals surface area contributed by atoms with Gasteiger partial charge < -0.3 is 5.32 Å². The Labute approximate surface area is 110 Å². The molecular weight excluding hydrogens is 206 g/mol. The van der Waals surface area contributed by atoms with Gasteiger partial charge in [-0.2, -0.15) is 0 Å². The molecule has 0 aliphatic carbocycles. The van der Waals surface area contributed by atoms with Gasteiger partial charge in [0.2, 0.25) is 0 Å². The van der Waals surface area contributed by atoms with Gasteiger partial charge in [-0.15, -0.1) is 0 Å².